The number of hydrogen-bond acceptors (Lipinski definition) is 4. The Morgan fingerprint density at radius 2 is 1.75 bits per heavy atom. The minimum atomic E-state index is -0.672. The van der Waals surface area contributed by atoms with Gasteiger partial charge in [-0.05, 0) is 24.2 Å². The van der Waals surface area contributed by atoms with Gasteiger partial charge in [0, 0.05) is 0 Å². The van der Waals surface area contributed by atoms with Crippen LogP contribution >= 0.6 is 0 Å². The Bertz CT molecular complexity index is 344. The van der Waals surface area contributed by atoms with Crippen molar-refractivity contribution < 1.29 is 14.3 Å². The summed E-state index contributed by atoms with van der Waals surface area (Å²) >= 11 is 0. The van der Waals surface area contributed by atoms with Gasteiger partial charge in [0.25, 0.3) is 0 Å². The van der Waals surface area contributed by atoms with Crippen molar-refractivity contribution in [1.29, 1.82) is 0 Å². The van der Waals surface area contributed by atoms with Crippen LogP contribution in [-0.4, -0.2) is 31.1 Å². The van der Waals surface area contributed by atoms with Crippen LogP contribution in [0.1, 0.15) is 52.9 Å². The van der Waals surface area contributed by atoms with Crippen molar-refractivity contribution in [2.45, 2.75) is 65.0 Å². The number of carbonyl (C=O) groups is 2. The Morgan fingerprint density at radius 3 is 2.20 bits per heavy atom. The molecule has 0 bridgehead atoms. The van der Waals surface area contributed by atoms with Gasteiger partial charge in [-0.1, -0.05) is 40.0 Å². The highest BCUT2D eigenvalue weighted by Crippen LogP contribution is 2.26. The zero-order valence-corrected chi connectivity index (χ0v) is 13.1. The molecule has 0 heterocycles. The molecule has 1 fully saturated rings. The van der Waals surface area contributed by atoms with Gasteiger partial charge in [0.1, 0.15) is 6.04 Å². The van der Waals surface area contributed by atoms with Gasteiger partial charge in [0.05, 0.1) is 13.2 Å². The van der Waals surface area contributed by atoms with Gasteiger partial charge in [0.2, 0.25) is 5.91 Å². The zero-order chi connectivity index (χ0) is 15.3. The van der Waals surface area contributed by atoms with Crippen molar-refractivity contribution in [2.75, 3.05) is 7.11 Å². The molecule has 5 heteroatoms. The summed E-state index contributed by atoms with van der Waals surface area (Å²) < 4.78 is 4.77. The molecule has 2 atom stereocenters. The first-order valence-corrected chi connectivity index (χ1v) is 7.41. The lowest BCUT2D eigenvalue weighted by atomic mass is 9.83. The molecular weight excluding hydrogens is 256 g/mol. The second-order valence-corrected chi connectivity index (χ2v) is 6.75. The normalized spacial score (nSPS) is 20.1. The molecule has 1 rings (SSSR count). The van der Waals surface area contributed by atoms with Gasteiger partial charge in [-0.2, -0.15) is 0 Å². The van der Waals surface area contributed by atoms with Crippen molar-refractivity contribution in [3.05, 3.63) is 0 Å². The molecule has 20 heavy (non-hydrogen) atoms. The molecule has 1 amide bonds. The topological polar surface area (TPSA) is 81.4 Å². The standard InChI is InChI=1S/C15H28N2O3/c1-15(2,3)12(14(19)20-4)17-13(18)11(16)10-8-6-5-7-9-10/h10-12H,5-9,16H2,1-4H3,(H,17,18)/t11?,12-/m1/s1. The average molecular weight is 284 g/mol. The van der Waals surface area contributed by atoms with Gasteiger partial charge in [-0.25, -0.2) is 4.79 Å². The summed E-state index contributed by atoms with van der Waals surface area (Å²) in [5, 5.41) is 2.77. The van der Waals surface area contributed by atoms with Crippen molar-refractivity contribution in [3.63, 3.8) is 0 Å². The molecule has 1 aliphatic rings. The van der Waals surface area contributed by atoms with Crippen LogP contribution in [0.15, 0.2) is 0 Å². The molecule has 1 aliphatic carbocycles. The third-order valence-corrected chi connectivity index (χ3v) is 4.05. The number of methoxy groups -OCH3 is 1. The highest BCUT2D eigenvalue weighted by atomic mass is 16.5. The first kappa shape index (κ1) is 17.0. The lowest BCUT2D eigenvalue weighted by Gasteiger charge is -2.32. The van der Waals surface area contributed by atoms with Crippen molar-refractivity contribution in [3.8, 4) is 0 Å². The first-order chi connectivity index (χ1) is 9.27. The summed E-state index contributed by atoms with van der Waals surface area (Å²) in [4.78, 5) is 24.1. The summed E-state index contributed by atoms with van der Waals surface area (Å²) in [6.45, 7) is 5.67. The van der Waals surface area contributed by atoms with E-state index in [-0.39, 0.29) is 11.8 Å². The molecule has 0 aromatic carbocycles. The summed E-state index contributed by atoms with van der Waals surface area (Å²) in [5.74, 6) is -0.453. The smallest absolute Gasteiger partial charge is 0.328 e. The second-order valence-electron chi connectivity index (χ2n) is 6.75. The van der Waals surface area contributed by atoms with E-state index in [0.29, 0.717) is 0 Å². The van der Waals surface area contributed by atoms with Gasteiger partial charge >= 0.3 is 5.97 Å². The Labute approximate surface area is 121 Å². The minimum absolute atomic E-state index is 0.224. The maximum Gasteiger partial charge on any atom is 0.328 e. The summed E-state index contributed by atoms with van der Waals surface area (Å²) in [6.07, 6.45) is 5.47. The van der Waals surface area contributed by atoms with E-state index in [1.54, 1.807) is 0 Å². The van der Waals surface area contributed by atoms with Crippen molar-refractivity contribution in [2.24, 2.45) is 17.1 Å². The van der Waals surface area contributed by atoms with E-state index in [0.717, 1.165) is 25.7 Å². The molecule has 116 valence electrons. The van der Waals surface area contributed by atoms with Crippen LogP contribution in [0, 0.1) is 11.3 Å². The van der Waals surface area contributed by atoms with Crippen LogP contribution in [0.4, 0.5) is 0 Å². The predicted octanol–water partition coefficient (Wildman–Crippen LogP) is 1.60. The maximum atomic E-state index is 12.3. The summed E-state index contributed by atoms with van der Waals surface area (Å²) in [5.41, 5.74) is 5.65. The van der Waals surface area contributed by atoms with E-state index in [1.807, 2.05) is 20.8 Å². The van der Waals surface area contributed by atoms with Gasteiger partial charge in [-0.15, -0.1) is 0 Å². The Hall–Kier alpha value is -1.10. The van der Waals surface area contributed by atoms with Crippen LogP contribution in [0.2, 0.25) is 0 Å². The Balaban J connectivity index is 2.67. The molecule has 0 radical (unpaired) electrons. The van der Waals surface area contributed by atoms with E-state index >= 15 is 0 Å². The number of amides is 1. The SMILES string of the molecule is COC(=O)[C@@H](NC(=O)C(N)C1CCCCC1)C(C)(C)C. The number of rotatable bonds is 4. The highest BCUT2D eigenvalue weighted by Gasteiger charge is 2.36. The monoisotopic (exact) mass is 284 g/mol. The van der Waals surface area contributed by atoms with Crippen LogP contribution < -0.4 is 11.1 Å². The quantitative estimate of drug-likeness (QED) is 0.768. The van der Waals surface area contributed by atoms with E-state index in [1.165, 1.54) is 13.5 Å². The lowest BCUT2D eigenvalue weighted by Crippen LogP contribution is -2.55. The number of nitrogens with two attached hydrogens (primary N) is 1. The number of ether oxygens (including phenoxy) is 1. The maximum absolute atomic E-state index is 12.3. The van der Waals surface area contributed by atoms with Crippen LogP contribution in [0.5, 0.6) is 0 Å². The van der Waals surface area contributed by atoms with Crippen LogP contribution in [-0.2, 0) is 14.3 Å². The summed E-state index contributed by atoms with van der Waals surface area (Å²) in [6, 6.07) is -1.21. The second kappa shape index (κ2) is 7.07. The molecule has 3 N–H and O–H groups in total. The zero-order valence-electron chi connectivity index (χ0n) is 13.1. The molecule has 5 nitrogen and oxygen atoms in total. The largest absolute Gasteiger partial charge is 0.467 e. The molecule has 0 spiro atoms. The molecule has 0 saturated heterocycles. The van der Waals surface area contributed by atoms with Crippen LogP contribution in [0.25, 0.3) is 0 Å². The fraction of sp³-hybridized carbons (Fsp3) is 0.867. The van der Waals surface area contributed by atoms with Gasteiger partial charge in [-0.3, -0.25) is 4.79 Å². The van der Waals surface area contributed by atoms with E-state index in [2.05, 4.69) is 5.32 Å². The first-order valence-electron chi connectivity index (χ1n) is 7.41. The van der Waals surface area contributed by atoms with Gasteiger partial charge in [0.15, 0.2) is 0 Å². The molecule has 0 aromatic heterocycles. The van der Waals surface area contributed by atoms with Crippen LogP contribution in [0.3, 0.4) is 0 Å². The number of carbonyl (C=O) groups excluding carboxylic acids is 2. The third-order valence-electron chi connectivity index (χ3n) is 4.05. The molecule has 1 unspecified atom stereocenters. The van der Waals surface area contributed by atoms with E-state index < -0.39 is 23.5 Å². The number of nitrogens with one attached hydrogen (secondary N) is 1. The highest BCUT2D eigenvalue weighted by molar-refractivity contribution is 5.88. The predicted molar refractivity (Wildman–Crippen MR) is 78.0 cm³/mol. The molecular formula is C15H28N2O3. The molecule has 0 aromatic rings. The lowest BCUT2D eigenvalue weighted by molar-refractivity contribution is -0.148. The Kier molecular flexibility index (Phi) is 5.99. The third kappa shape index (κ3) is 4.47. The van der Waals surface area contributed by atoms with E-state index in [4.69, 9.17) is 10.5 Å². The van der Waals surface area contributed by atoms with Crippen molar-refractivity contribution >= 4 is 11.9 Å². The molecule has 1 saturated carbocycles. The van der Waals surface area contributed by atoms with E-state index in [9.17, 15) is 9.59 Å². The number of hydrogen-bond donors (Lipinski definition) is 2. The fourth-order valence-corrected chi connectivity index (χ4v) is 2.69. The van der Waals surface area contributed by atoms with Crippen molar-refractivity contribution in [1.82, 2.24) is 5.32 Å². The molecule has 0 aliphatic heterocycles. The number of esters is 1. The fourth-order valence-electron chi connectivity index (χ4n) is 2.69. The van der Waals surface area contributed by atoms with Gasteiger partial charge < -0.3 is 15.8 Å². The minimum Gasteiger partial charge on any atom is -0.467 e. The Morgan fingerprint density at radius 1 is 1.20 bits per heavy atom. The summed E-state index contributed by atoms with van der Waals surface area (Å²) in [7, 11) is 1.33. The average Bonchev–Trinajstić information content (AvgIpc) is 2.42.